The Morgan fingerprint density at radius 3 is 2.18 bits per heavy atom. The fourth-order valence-electron chi connectivity index (χ4n) is 2.01. The maximum atomic E-state index is 11.9. The maximum Gasteiger partial charge on any atom is 0.262 e. The van der Waals surface area contributed by atoms with Gasteiger partial charge in [0, 0.05) is 5.69 Å². The van der Waals surface area contributed by atoms with Crippen LogP contribution < -0.4 is 14.8 Å². The number of hydrogen-bond donors (Lipinski definition) is 1. The van der Waals surface area contributed by atoms with Crippen LogP contribution in [0.3, 0.4) is 0 Å². The van der Waals surface area contributed by atoms with Crippen LogP contribution in [0.5, 0.6) is 11.5 Å². The van der Waals surface area contributed by atoms with Crippen LogP contribution in [0.1, 0.15) is 19.4 Å². The first-order valence-electron chi connectivity index (χ1n) is 7.46. The molecule has 116 valence electrons. The second-order valence-corrected chi connectivity index (χ2v) is 4.77. The summed E-state index contributed by atoms with van der Waals surface area (Å²) in [6, 6.07) is 15.1. The zero-order valence-corrected chi connectivity index (χ0v) is 13.0. The molecule has 0 spiro atoms. The van der Waals surface area contributed by atoms with E-state index in [2.05, 4.69) is 12.2 Å². The first-order valence-corrected chi connectivity index (χ1v) is 7.46. The highest BCUT2D eigenvalue weighted by molar-refractivity contribution is 5.91. The standard InChI is InChI=1S/C18H21NO3/c1-3-14-9-11-15(12-10-14)19-18(20)13-22-17-8-6-5-7-16(17)21-4-2/h5-12H,3-4,13H2,1-2H3,(H,19,20). The average molecular weight is 299 g/mol. The number of carbonyl (C=O) groups excluding carboxylic acids is 1. The number of nitrogens with one attached hydrogen (secondary N) is 1. The molecule has 0 aromatic heterocycles. The first-order chi connectivity index (χ1) is 10.7. The summed E-state index contributed by atoms with van der Waals surface area (Å²) in [6.07, 6.45) is 0.978. The third-order valence-corrected chi connectivity index (χ3v) is 3.15. The summed E-state index contributed by atoms with van der Waals surface area (Å²) in [6.45, 7) is 4.50. The van der Waals surface area contributed by atoms with Crippen LogP contribution in [0, 0.1) is 0 Å². The SMILES string of the molecule is CCOc1ccccc1OCC(=O)Nc1ccc(CC)cc1. The number of rotatable bonds is 7. The first kappa shape index (κ1) is 15.9. The Hall–Kier alpha value is -2.49. The quantitative estimate of drug-likeness (QED) is 0.848. The summed E-state index contributed by atoms with van der Waals surface area (Å²) in [5.41, 5.74) is 2.00. The molecular weight excluding hydrogens is 278 g/mol. The molecule has 2 rings (SSSR count). The van der Waals surface area contributed by atoms with Crippen molar-refractivity contribution < 1.29 is 14.3 Å². The van der Waals surface area contributed by atoms with Crippen molar-refractivity contribution in [3.8, 4) is 11.5 Å². The molecule has 0 heterocycles. The third kappa shape index (κ3) is 4.52. The molecule has 4 nitrogen and oxygen atoms in total. The van der Waals surface area contributed by atoms with Crippen LogP contribution in [0.15, 0.2) is 48.5 Å². The molecule has 0 saturated heterocycles. The molecule has 0 unspecified atom stereocenters. The van der Waals surface area contributed by atoms with E-state index in [4.69, 9.17) is 9.47 Å². The van der Waals surface area contributed by atoms with Crippen molar-refractivity contribution in [3.63, 3.8) is 0 Å². The lowest BCUT2D eigenvalue weighted by Crippen LogP contribution is -2.20. The van der Waals surface area contributed by atoms with Crippen LogP contribution >= 0.6 is 0 Å². The molecule has 0 aliphatic heterocycles. The van der Waals surface area contributed by atoms with Gasteiger partial charge in [-0.3, -0.25) is 4.79 Å². The number of amides is 1. The van der Waals surface area contributed by atoms with Gasteiger partial charge >= 0.3 is 0 Å². The maximum absolute atomic E-state index is 11.9. The van der Waals surface area contributed by atoms with Crippen molar-refractivity contribution in [3.05, 3.63) is 54.1 Å². The molecule has 22 heavy (non-hydrogen) atoms. The van der Waals surface area contributed by atoms with Gasteiger partial charge in [-0.2, -0.15) is 0 Å². The lowest BCUT2D eigenvalue weighted by Gasteiger charge is -2.11. The van der Waals surface area contributed by atoms with E-state index in [9.17, 15) is 4.79 Å². The van der Waals surface area contributed by atoms with E-state index in [0.717, 1.165) is 12.1 Å². The van der Waals surface area contributed by atoms with E-state index in [1.54, 1.807) is 6.07 Å². The molecule has 0 aliphatic rings. The predicted octanol–water partition coefficient (Wildman–Crippen LogP) is 3.67. The molecule has 2 aromatic carbocycles. The normalized spacial score (nSPS) is 10.1. The molecule has 0 radical (unpaired) electrons. The van der Waals surface area contributed by atoms with Gasteiger partial charge in [0.15, 0.2) is 18.1 Å². The monoisotopic (exact) mass is 299 g/mol. The number of benzene rings is 2. The second-order valence-electron chi connectivity index (χ2n) is 4.77. The smallest absolute Gasteiger partial charge is 0.262 e. The van der Waals surface area contributed by atoms with Gasteiger partial charge in [0.2, 0.25) is 0 Å². The second kappa shape index (κ2) is 8.08. The minimum absolute atomic E-state index is 0.0559. The van der Waals surface area contributed by atoms with Gasteiger partial charge in [0.05, 0.1) is 6.61 Å². The minimum Gasteiger partial charge on any atom is -0.490 e. The van der Waals surface area contributed by atoms with Gasteiger partial charge in [-0.15, -0.1) is 0 Å². The Morgan fingerprint density at radius 1 is 0.955 bits per heavy atom. The van der Waals surface area contributed by atoms with E-state index in [1.165, 1.54) is 5.56 Å². The highest BCUT2D eigenvalue weighted by atomic mass is 16.5. The van der Waals surface area contributed by atoms with Crippen LogP contribution in [0.2, 0.25) is 0 Å². The van der Waals surface area contributed by atoms with E-state index in [1.807, 2.05) is 49.4 Å². The number of hydrogen-bond acceptors (Lipinski definition) is 3. The zero-order valence-electron chi connectivity index (χ0n) is 13.0. The van der Waals surface area contributed by atoms with Crippen molar-refractivity contribution in [2.45, 2.75) is 20.3 Å². The van der Waals surface area contributed by atoms with Crippen molar-refractivity contribution in [1.82, 2.24) is 0 Å². The summed E-state index contributed by atoms with van der Waals surface area (Å²) in [5.74, 6) is 1.02. The van der Waals surface area contributed by atoms with Crippen molar-refractivity contribution >= 4 is 11.6 Å². The predicted molar refractivity (Wildman–Crippen MR) is 87.6 cm³/mol. The zero-order chi connectivity index (χ0) is 15.8. The molecule has 0 bridgehead atoms. The third-order valence-electron chi connectivity index (χ3n) is 3.15. The number of ether oxygens (including phenoxy) is 2. The van der Waals surface area contributed by atoms with Crippen LogP contribution in [0.4, 0.5) is 5.69 Å². The molecule has 2 aromatic rings. The van der Waals surface area contributed by atoms with Crippen LogP contribution in [0.25, 0.3) is 0 Å². The van der Waals surface area contributed by atoms with Gasteiger partial charge < -0.3 is 14.8 Å². The number of aryl methyl sites for hydroxylation is 1. The van der Waals surface area contributed by atoms with Gasteiger partial charge in [-0.05, 0) is 43.2 Å². The number of para-hydroxylation sites is 2. The molecule has 1 amide bonds. The highest BCUT2D eigenvalue weighted by Crippen LogP contribution is 2.26. The molecule has 1 N–H and O–H groups in total. The van der Waals surface area contributed by atoms with E-state index >= 15 is 0 Å². The molecular formula is C18H21NO3. The van der Waals surface area contributed by atoms with Crippen LogP contribution in [-0.2, 0) is 11.2 Å². The van der Waals surface area contributed by atoms with Gasteiger partial charge in [-0.25, -0.2) is 0 Å². The Balaban J connectivity index is 1.89. The van der Waals surface area contributed by atoms with Crippen molar-refractivity contribution in [2.75, 3.05) is 18.5 Å². The number of carbonyl (C=O) groups is 1. The molecule has 0 aliphatic carbocycles. The lowest BCUT2D eigenvalue weighted by atomic mass is 10.1. The van der Waals surface area contributed by atoms with Gasteiger partial charge in [-0.1, -0.05) is 31.2 Å². The van der Waals surface area contributed by atoms with E-state index in [-0.39, 0.29) is 12.5 Å². The van der Waals surface area contributed by atoms with Gasteiger partial charge in [0.1, 0.15) is 0 Å². The fourth-order valence-corrected chi connectivity index (χ4v) is 2.01. The van der Waals surface area contributed by atoms with E-state index < -0.39 is 0 Å². The van der Waals surface area contributed by atoms with Crippen molar-refractivity contribution in [1.29, 1.82) is 0 Å². The summed E-state index contributed by atoms with van der Waals surface area (Å²) in [7, 11) is 0. The highest BCUT2D eigenvalue weighted by Gasteiger charge is 2.07. The Labute approximate surface area is 131 Å². The van der Waals surface area contributed by atoms with E-state index in [0.29, 0.717) is 18.1 Å². The summed E-state index contributed by atoms with van der Waals surface area (Å²) in [5, 5.41) is 2.81. The largest absolute Gasteiger partial charge is 0.490 e. The Morgan fingerprint density at radius 2 is 1.59 bits per heavy atom. The Bertz CT molecular complexity index is 608. The number of anilines is 1. The molecule has 4 heteroatoms. The molecule has 0 atom stereocenters. The minimum atomic E-state index is -0.199. The summed E-state index contributed by atoms with van der Waals surface area (Å²) >= 11 is 0. The van der Waals surface area contributed by atoms with Gasteiger partial charge in [0.25, 0.3) is 5.91 Å². The lowest BCUT2D eigenvalue weighted by molar-refractivity contribution is -0.118. The average Bonchev–Trinajstić information content (AvgIpc) is 2.55. The fraction of sp³-hybridized carbons (Fsp3) is 0.278. The summed E-state index contributed by atoms with van der Waals surface area (Å²) < 4.78 is 11.0. The summed E-state index contributed by atoms with van der Waals surface area (Å²) in [4.78, 5) is 11.9. The Kier molecular flexibility index (Phi) is 5.83. The molecule has 0 fully saturated rings. The van der Waals surface area contributed by atoms with Crippen molar-refractivity contribution in [2.24, 2.45) is 0 Å². The molecule has 0 saturated carbocycles. The topological polar surface area (TPSA) is 47.6 Å². The van der Waals surface area contributed by atoms with Crippen LogP contribution in [-0.4, -0.2) is 19.1 Å².